The number of aromatic nitrogens is 4. The van der Waals surface area contributed by atoms with Gasteiger partial charge in [-0.15, -0.1) is 0 Å². The molecule has 0 aliphatic heterocycles. The fourth-order valence-corrected chi connectivity index (χ4v) is 1.80. The van der Waals surface area contributed by atoms with Gasteiger partial charge in [0.25, 0.3) is 5.95 Å². The zero-order valence-corrected chi connectivity index (χ0v) is 12.7. The average molecular weight is 357 g/mol. The molecule has 10 heteroatoms. The third-order valence-electron chi connectivity index (χ3n) is 2.50. The van der Waals surface area contributed by atoms with Crippen molar-refractivity contribution in [1.29, 1.82) is 0 Å². The smallest absolute Gasteiger partial charge is 0.338 e. The third-order valence-corrected chi connectivity index (χ3v) is 3.28. The lowest BCUT2D eigenvalue weighted by Crippen LogP contribution is -2.13. The maximum Gasteiger partial charge on any atom is 0.338 e. The quantitative estimate of drug-likeness (QED) is 0.647. The van der Waals surface area contributed by atoms with Crippen LogP contribution in [0.25, 0.3) is 5.95 Å². The lowest BCUT2D eigenvalue weighted by molar-refractivity contribution is 0.0697. The Hall–Kier alpha value is -2.20. The Labute approximate surface area is 128 Å². The van der Waals surface area contributed by atoms with E-state index in [1.165, 1.54) is 17.1 Å². The van der Waals surface area contributed by atoms with E-state index in [4.69, 9.17) is 15.6 Å². The summed E-state index contributed by atoms with van der Waals surface area (Å²) in [6, 6.07) is 0. The number of halogens is 1. The number of rotatable bonds is 6. The molecule has 9 nitrogen and oxygen atoms in total. The van der Waals surface area contributed by atoms with E-state index in [1.54, 1.807) is 7.11 Å². The van der Waals surface area contributed by atoms with Gasteiger partial charge < -0.3 is 20.9 Å². The van der Waals surface area contributed by atoms with Crippen molar-refractivity contribution in [2.75, 3.05) is 31.3 Å². The van der Waals surface area contributed by atoms with Gasteiger partial charge in [-0.1, -0.05) is 0 Å². The topological polar surface area (TPSA) is 128 Å². The first-order valence-corrected chi connectivity index (χ1v) is 6.66. The SMILES string of the molecule is COCCNc1nc(-n2cc(C(=O)O)cn2)nc(N)c1Br. The molecule has 4 N–H and O–H groups in total. The fourth-order valence-electron chi connectivity index (χ4n) is 1.49. The number of methoxy groups -OCH3 is 1. The highest BCUT2D eigenvalue weighted by Crippen LogP contribution is 2.26. The molecule has 2 aromatic heterocycles. The molecular formula is C11H13BrN6O3. The minimum atomic E-state index is -1.08. The molecule has 0 bridgehead atoms. The van der Waals surface area contributed by atoms with Crippen molar-refractivity contribution < 1.29 is 14.6 Å². The number of nitrogens with two attached hydrogens (primary N) is 1. The summed E-state index contributed by atoms with van der Waals surface area (Å²) in [7, 11) is 1.59. The second kappa shape index (κ2) is 6.50. The lowest BCUT2D eigenvalue weighted by atomic mass is 10.4. The molecule has 0 radical (unpaired) electrons. The van der Waals surface area contributed by atoms with Gasteiger partial charge >= 0.3 is 5.97 Å². The van der Waals surface area contributed by atoms with Crippen LogP contribution in [-0.4, -0.2) is 51.1 Å². The van der Waals surface area contributed by atoms with Crippen LogP contribution in [0.3, 0.4) is 0 Å². The van der Waals surface area contributed by atoms with Gasteiger partial charge in [-0.25, -0.2) is 9.48 Å². The summed E-state index contributed by atoms with van der Waals surface area (Å²) in [5.74, 6) is -0.220. The Bertz CT molecular complexity index is 659. The van der Waals surface area contributed by atoms with E-state index in [9.17, 15) is 4.79 Å². The van der Waals surface area contributed by atoms with Crippen LogP contribution in [-0.2, 0) is 4.74 Å². The largest absolute Gasteiger partial charge is 0.478 e. The van der Waals surface area contributed by atoms with Gasteiger partial charge in [0.2, 0.25) is 0 Å². The summed E-state index contributed by atoms with van der Waals surface area (Å²) in [5.41, 5.74) is 5.84. The first-order chi connectivity index (χ1) is 10.0. The zero-order chi connectivity index (χ0) is 15.4. The molecule has 2 heterocycles. The number of carboxylic acids is 1. The molecule has 0 aliphatic carbocycles. The van der Waals surface area contributed by atoms with Crippen molar-refractivity contribution in [3.05, 3.63) is 22.4 Å². The molecule has 0 amide bonds. The number of carbonyl (C=O) groups is 1. The van der Waals surface area contributed by atoms with Crippen molar-refractivity contribution in [2.45, 2.75) is 0 Å². The molecule has 0 atom stereocenters. The second-order valence-electron chi connectivity index (χ2n) is 3.97. The van der Waals surface area contributed by atoms with Gasteiger partial charge in [-0.05, 0) is 15.9 Å². The Balaban J connectivity index is 2.32. The molecular weight excluding hydrogens is 344 g/mol. The van der Waals surface area contributed by atoms with E-state index in [0.29, 0.717) is 23.4 Å². The average Bonchev–Trinajstić information content (AvgIpc) is 2.93. The van der Waals surface area contributed by atoms with Gasteiger partial charge in [0.05, 0.1) is 18.4 Å². The van der Waals surface area contributed by atoms with E-state index in [2.05, 4.69) is 36.3 Å². The van der Waals surface area contributed by atoms with Gasteiger partial charge in [-0.3, -0.25) is 0 Å². The highest BCUT2D eigenvalue weighted by Gasteiger charge is 2.13. The van der Waals surface area contributed by atoms with Crippen molar-refractivity contribution >= 4 is 33.5 Å². The Morgan fingerprint density at radius 2 is 2.33 bits per heavy atom. The van der Waals surface area contributed by atoms with Crippen molar-refractivity contribution in [3.8, 4) is 5.95 Å². The number of hydrogen-bond donors (Lipinski definition) is 3. The van der Waals surface area contributed by atoms with Crippen LogP contribution < -0.4 is 11.1 Å². The predicted octanol–water partition coefficient (Wildman–Crippen LogP) is 0.763. The number of carboxylic acid groups (broad SMARTS) is 1. The molecule has 2 aromatic rings. The fraction of sp³-hybridized carbons (Fsp3) is 0.273. The van der Waals surface area contributed by atoms with Crippen LogP contribution >= 0.6 is 15.9 Å². The van der Waals surface area contributed by atoms with Crippen molar-refractivity contribution in [3.63, 3.8) is 0 Å². The lowest BCUT2D eigenvalue weighted by Gasteiger charge is -2.10. The molecule has 2 rings (SSSR count). The van der Waals surface area contributed by atoms with E-state index in [-0.39, 0.29) is 17.3 Å². The number of nitrogens with zero attached hydrogens (tertiary/aromatic N) is 4. The highest BCUT2D eigenvalue weighted by molar-refractivity contribution is 9.10. The molecule has 0 saturated heterocycles. The van der Waals surface area contributed by atoms with Crippen LogP contribution in [0.4, 0.5) is 11.6 Å². The Morgan fingerprint density at radius 3 is 2.95 bits per heavy atom. The highest BCUT2D eigenvalue weighted by atomic mass is 79.9. The third kappa shape index (κ3) is 3.47. The van der Waals surface area contributed by atoms with Gasteiger partial charge in [0.15, 0.2) is 0 Å². The number of aromatic carboxylic acids is 1. The molecule has 0 aliphatic rings. The van der Waals surface area contributed by atoms with Crippen LogP contribution in [0, 0.1) is 0 Å². The molecule has 0 fully saturated rings. The van der Waals surface area contributed by atoms with Crippen LogP contribution in [0.5, 0.6) is 0 Å². The summed E-state index contributed by atoms with van der Waals surface area (Å²) < 4.78 is 6.71. The summed E-state index contributed by atoms with van der Waals surface area (Å²) in [5, 5.41) is 15.8. The Morgan fingerprint density at radius 1 is 1.57 bits per heavy atom. The number of nitrogen functional groups attached to an aromatic ring is 1. The maximum atomic E-state index is 10.9. The first-order valence-electron chi connectivity index (χ1n) is 5.87. The number of hydrogen-bond acceptors (Lipinski definition) is 7. The van der Waals surface area contributed by atoms with Crippen LogP contribution in [0.1, 0.15) is 10.4 Å². The number of anilines is 2. The zero-order valence-electron chi connectivity index (χ0n) is 11.1. The standard InChI is InChI=1S/C11H13BrN6O3/c1-21-3-2-14-9-7(12)8(13)16-11(17-9)18-5-6(4-15-18)10(19)20/h4-5H,2-3H2,1H3,(H,19,20)(H3,13,14,16,17). The summed E-state index contributed by atoms with van der Waals surface area (Å²) in [4.78, 5) is 19.2. The van der Waals surface area contributed by atoms with Gasteiger partial charge in [0.1, 0.15) is 16.1 Å². The predicted molar refractivity (Wildman–Crippen MR) is 78.6 cm³/mol. The van der Waals surface area contributed by atoms with Crippen LogP contribution in [0.15, 0.2) is 16.9 Å². The van der Waals surface area contributed by atoms with E-state index in [1.807, 2.05) is 0 Å². The van der Waals surface area contributed by atoms with Gasteiger partial charge in [-0.2, -0.15) is 15.1 Å². The monoisotopic (exact) mass is 356 g/mol. The van der Waals surface area contributed by atoms with E-state index >= 15 is 0 Å². The summed E-state index contributed by atoms with van der Waals surface area (Å²) in [6.07, 6.45) is 2.52. The summed E-state index contributed by atoms with van der Waals surface area (Å²) >= 11 is 3.29. The first kappa shape index (κ1) is 15.2. The maximum absolute atomic E-state index is 10.9. The summed E-state index contributed by atoms with van der Waals surface area (Å²) in [6.45, 7) is 1.03. The minimum absolute atomic E-state index is 0.0361. The molecule has 0 saturated carbocycles. The molecule has 0 spiro atoms. The number of ether oxygens (including phenoxy) is 1. The van der Waals surface area contributed by atoms with Crippen molar-refractivity contribution in [1.82, 2.24) is 19.7 Å². The molecule has 21 heavy (non-hydrogen) atoms. The Kier molecular flexibility index (Phi) is 4.70. The van der Waals surface area contributed by atoms with Gasteiger partial charge in [0, 0.05) is 19.9 Å². The number of nitrogens with one attached hydrogen (secondary N) is 1. The van der Waals surface area contributed by atoms with E-state index in [0.717, 1.165) is 0 Å². The molecule has 0 unspecified atom stereocenters. The van der Waals surface area contributed by atoms with Crippen LogP contribution in [0.2, 0.25) is 0 Å². The molecule has 112 valence electrons. The molecule has 0 aromatic carbocycles. The minimum Gasteiger partial charge on any atom is -0.478 e. The van der Waals surface area contributed by atoms with Crippen molar-refractivity contribution in [2.24, 2.45) is 0 Å². The second-order valence-corrected chi connectivity index (χ2v) is 4.76. The normalized spacial score (nSPS) is 10.6. The van der Waals surface area contributed by atoms with E-state index < -0.39 is 5.97 Å².